The molecule has 2 nitrogen and oxygen atoms in total. The lowest BCUT2D eigenvalue weighted by atomic mass is 9.98. The summed E-state index contributed by atoms with van der Waals surface area (Å²) >= 11 is 3.41. The maximum Gasteiger partial charge on any atom is 0.303 e. The highest BCUT2D eigenvalue weighted by Gasteiger charge is 2.21. The average Bonchev–Trinajstić information content (AvgIpc) is 1.99. The van der Waals surface area contributed by atoms with Gasteiger partial charge in [-0.25, -0.2) is 0 Å². The minimum absolute atomic E-state index is 0.241. The fourth-order valence-electron chi connectivity index (χ4n) is 1.56. The lowest BCUT2D eigenvalue weighted by Gasteiger charge is -2.24. The van der Waals surface area contributed by atoms with E-state index in [2.05, 4.69) is 15.9 Å². The van der Waals surface area contributed by atoms with Gasteiger partial charge >= 0.3 is 5.97 Å². The molecule has 1 aromatic rings. The van der Waals surface area contributed by atoms with E-state index in [1.807, 2.05) is 38.1 Å². The fourth-order valence-corrected chi connectivity index (χ4v) is 2.01. The van der Waals surface area contributed by atoms with Crippen molar-refractivity contribution < 1.29 is 9.53 Å². The maximum absolute atomic E-state index is 10.9. The number of ether oxygens (including phenoxy) is 1. The highest BCUT2D eigenvalue weighted by molar-refractivity contribution is 9.10. The summed E-state index contributed by atoms with van der Waals surface area (Å²) in [5, 5.41) is 0. The van der Waals surface area contributed by atoms with Crippen molar-refractivity contribution in [2.45, 2.75) is 32.8 Å². The number of esters is 1. The molecule has 82 valence electrons. The van der Waals surface area contributed by atoms with Gasteiger partial charge in [-0.2, -0.15) is 0 Å². The molecule has 15 heavy (non-hydrogen) atoms. The number of carbonyl (C=O) groups excluding carboxylic acids is 1. The quantitative estimate of drug-likeness (QED) is 0.788. The predicted octanol–water partition coefficient (Wildman–Crippen LogP) is 3.33. The van der Waals surface area contributed by atoms with Crippen LogP contribution in [0.25, 0.3) is 0 Å². The van der Waals surface area contributed by atoms with Gasteiger partial charge in [0.15, 0.2) is 0 Å². The Morgan fingerprint density at radius 3 is 2.67 bits per heavy atom. The molecule has 0 atom stereocenters. The summed E-state index contributed by atoms with van der Waals surface area (Å²) in [4.78, 5) is 10.9. The molecule has 0 heterocycles. The van der Waals surface area contributed by atoms with E-state index < -0.39 is 5.60 Å². The molecule has 3 heteroatoms. The predicted molar refractivity (Wildman–Crippen MR) is 63.7 cm³/mol. The van der Waals surface area contributed by atoms with Gasteiger partial charge in [0.25, 0.3) is 0 Å². The van der Waals surface area contributed by atoms with Crippen LogP contribution in [0.1, 0.15) is 26.3 Å². The number of halogens is 1. The van der Waals surface area contributed by atoms with Gasteiger partial charge < -0.3 is 4.74 Å². The zero-order chi connectivity index (χ0) is 11.5. The van der Waals surface area contributed by atoms with Crippen LogP contribution < -0.4 is 0 Å². The zero-order valence-electron chi connectivity index (χ0n) is 9.21. The van der Waals surface area contributed by atoms with Crippen molar-refractivity contribution in [3.8, 4) is 0 Å². The van der Waals surface area contributed by atoms with Crippen molar-refractivity contribution in [2.24, 2.45) is 0 Å². The van der Waals surface area contributed by atoms with Crippen LogP contribution in [-0.4, -0.2) is 11.6 Å². The first-order valence-corrected chi connectivity index (χ1v) is 5.62. The van der Waals surface area contributed by atoms with E-state index in [1.165, 1.54) is 6.92 Å². The SMILES string of the molecule is CC(=O)OC(C)(C)Cc1cccc(Br)c1. The van der Waals surface area contributed by atoms with Gasteiger partial charge in [-0.3, -0.25) is 4.79 Å². The number of hydrogen-bond acceptors (Lipinski definition) is 2. The van der Waals surface area contributed by atoms with E-state index in [0.29, 0.717) is 6.42 Å². The van der Waals surface area contributed by atoms with Crippen LogP contribution >= 0.6 is 15.9 Å². The molecule has 0 saturated heterocycles. The van der Waals surface area contributed by atoms with Crippen LogP contribution in [0.3, 0.4) is 0 Å². The van der Waals surface area contributed by atoms with Crippen molar-refractivity contribution in [3.05, 3.63) is 34.3 Å². The largest absolute Gasteiger partial charge is 0.460 e. The normalized spacial score (nSPS) is 11.2. The van der Waals surface area contributed by atoms with Crippen LogP contribution in [0.2, 0.25) is 0 Å². The van der Waals surface area contributed by atoms with E-state index in [1.54, 1.807) is 0 Å². The first kappa shape index (κ1) is 12.2. The summed E-state index contributed by atoms with van der Waals surface area (Å²) in [7, 11) is 0. The molecule has 0 aliphatic rings. The van der Waals surface area contributed by atoms with Gasteiger partial charge in [0.2, 0.25) is 0 Å². The molecule has 1 aromatic carbocycles. The standard InChI is InChI=1S/C12H15BrO2/c1-9(14)15-12(2,3)8-10-5-4-6-11(13)7-10/h4-7H,8H2,1-3H3. The Kier molecular flexibility index (Phi) is 3.91. The van der Waals surface area contributed by atoms with E-state index in [-0.39, 0.29) is 5.97 Å². The monoisotopic (exact) mass is 270 g/mol. The number of hydrogen-bond donors (Lipinski definition) is 0. The third kappa shape index (κ3) is 4.47. The minimum Gasteiger partial charge on any atom is -0.460 e. The van der Waals surface area contributed by atoms with Gasteiger partial charge in [0, 0.05) is 17.8 Å². The first-order chi connectivity index (χ1) is 6.89. The topological polar surface area (TPSA) is 26.3 Å². The van der Waals surface area contributed by atoms with E-state index >= 15 is 0 Å². The van der Waals surface area contributed by atoms with Crippen LogP contribution in [0, 0.1) is 0 Å². The Labute approximate surface area is 98.8 Å². The molecular weight excluding hydrogens is 256 g/mol. The molecular formula is C12H15BrO2. The molecule has 1 rings (SSSR count). The molecule has 0 fully saturated rings. The molecule has 0 aliphatic heterocycles. The Hall–Kier alpha value is -0.830. The lowest BCUT2D eigenvalue weighted by Crippen LogP contribution is -2.29. The highest BCUT2D eigenvalue weighted by Crippen LogP contribution is 2.20. The van der Waals surface area contributed by atoms with Crippen molar-refractivity contribution in [1.82, 2.24) is 0 Å². The second-order valence-corrected chi connectivity index (χ2v) is 5.08. The summed E-state index contributed by atoms with van der Waals surface area (Å²) in [5.74, 6) is -0.241. The van der Waals surface area contributed by atoms with Gasteiger partial charge in [-0.1, -0.05) is 28.1 Å². The van der Waals surface area contributed by atoms with Crippen LogP contribution in [0.5, 0.6) is 0 Å². The molecule has 0 saturated carbocycles. The summed E-state index contributed by atoms with van der Waals surface area (Å²) in [6.07, 6.45) is 0.714. The van der Waals surface area contributed by atoms with E-state index in [4.69, 9.17) is 4.74 Å². The second kappa shape index (κ2) is 4.79. The summed E-state index contributed by atoms with van der Waals surface area (Å²) in [5.41, 5.74) is 0.697. The Bertz CT molecular complexity index is 358. The van der Waals surface area contributed by atoms with E-state index in [0.717, 1.165) is 10.0 Å². The summed E-state index contributed by atoms with van der Waals surface area (Å²) in [6, 6.07) is 8.01. The van der Waals surface area contributed by atoms with E-state index in [9.17, 15) is 4.79 Å². The third-order valence-electron chi connectivity index (χ3n) is 1.94. The first-order valence-electron chi connectivity index (χ1n) is 4.83. The number of carbonyl (C=O) groups is 1. The van der Waals surface area contributed by atoms with Gasteiger partial charge in [0.05, 0.1) is 0 Å². The summed E-state index contributed by atoms with van der Waals surface area (Å²) in [6.45, 7) is 5.26. The highest BCUT2D eigenvalue weighted by atomic mass is 79.9. The van der Waals surface area contributed by atoms with Gasteiger partial charge in [0.1, 0.15) is 5.60 Å². The molecule has 0 aliphatic carbocycles. The molecule has 0 unspecified atom stereocenters. The minimum atomic E-state index is -0.452. The summed E-state index contributed by atoms with van der Waals surface area (Å²) < 4.78 is 6.27. The smallest absolute Gasteiger partial charge is 0.303 e. The van der Waals surface area contributed by atoms with Crippen molar-refractivity contribution in [2.75, 3.05) is 0 Å². The maximum atomic E-state index is 10.9. The molecule has 0 spiro atoms. The zero-order valence-corrected chi connectivity index (χ0v) is 10.8. The third-order valence-corrected chi connectivity index (χ3v) is 2.43. The Morgan fingerprint density at radius 2 is 2.13 bits per heavy atom. The van der Waals surface area contributed by atoms with Gasteiger partial charge in [-0.15, -0.1) is 0 Å². The molecule has 0 amide bonds. The van der Waals surface area contributed by atoms with Crippen LogP contribution in [0.15, 0.2) is 28.7 Å². The molecule has 0 radical (unpaired) electrons. The molecule has 0 N–H and O–H groups in total. The van der Waals surface area contributed by atoms with Gasteiger partial charge in [-0.05, 0) is 31.5 Å². The second-order valence-electron chi connectivity index (χ2n) is 4.16. The molecule has 0 aromatic heterocycles. The Balaban J connectivity index is 2.72. The molecule has 0 bridgehead atoms. The van der Waals surface area contributed by atoms with Crippen LogP contribution in [0.4, 0.5) is 0 Å². The fraction of sp³-hybridized carbons (Fsp3) is 0.417. The van der Waals surface area contributed by atoms with Crippen molar-refractivity contribution >= 4 is 21.9 Å². The van der Waals surface area contributed by atoms with Crippen molar-refractivity contribution in [1.29, 1.82) is 0 Å². The number of benzene rings is 1. The Morgan fingerprint density at radius 1 is 1.47 bits per heavy atom. The number of rotatable bonds is 3. The van der Waals surface area contributed by atoms with Crippen LogP contribution in [-0.2, 0) is 16.0 Å². The van der Waals surface area contributed by atoms with Crippen molar-refractivity contribution in [3.63, 3.8) is 0 Å². The average molecular weight is 271 g/mol. The lowest BCUT2D eigenvalue weighted by molar-refractivity contribution is -0.153.